The maximum Gasteiger partial charge on any atom is 0.332 e. The third-order valence-corrected chi connectivity index (χ3v) is 3.46. The first-order chi connectivity index (χ1) is 9.24. The van der Waals surface area contributed by atoms with E-state index < -0.39 is 0 Å². The normalized spacial score (nSPS) is 11.6. The van der Waals surface area contributed by atoms with Gasteiger partial charge in [-0.05, 0) is 30.3 Å². The number of benzene rings is 2. The number of fused-ring (bicyclic) bond motifs is 5. The minimum absolute atomic E-state index is 0.196. The van der Waals surface area contributed by atoms with Crippen molar-refractivity contribution in [3.05, 3.63) is 58.0 Å². The molecule has 5 heteroatoms. The number of para-hydroxylation sites is 2. The van der Waals surface area contributed by atoms with Crippen LogP contribution in [0.25, 0.3) is 27.6 Å². The molecule has 2 heterocycles. The van der Waals surface area contributed by atoms with Gasteiger partial charge in [-0.3, -0.25) is 0 Å². The number of H-pyrrole nitrogens is 1. The molecular weight excluding hydrogens is 262 g/mol. The molecular formula is C14H8ClN3O. The van der Waals surface area contributed by atoms with Crippen LogP contribution in [0.1, 0.15) is 0 Å². The molecule has 4 rings (SSSR count). The molecule has 0 amide bonds. The van der Waals surface area contributed by atoms with Gasteiger partial charge < -0.3 is 4.98 Å². The Kier molecular flexibility index (Phi) is 2.00. The average Bonchev–Trinajstić information content (AvgIpc) is 2.80. The van der Waals surface area contributed by atoms with Crippen molar-refractivity contribution in [3.63, 3.8) is 0 Å². The van der Waals surface area contributed by atoms with Gasteiger partial charge in [-0.2, -0.15) is 0 Å². The van der Waals surface area contributed by atoms with Crippen LogP contribution in [-0.2, 0) is 0 Å². The number of imidazole rings is 1. The van der Waals surface area contributed by atoms with Crippen LogP contribution in [0.15, 0.2) is 47.3 Å². The van der Waals surface area contributed by atoms with Crippen molar-refractivity contribution >= 4 is 39.2 Å². The van der Waals surface area contributed by atoms with Crippen LogP contribution in [0.5, 0.6) is 0 Å². The summed E-state index contributed by atoms with van der Waals surface area (Å²) in [4.78, 5) is 19.6. The molecule has 0 unspecified atom stereocenters. The molecule has 4 nitrogen and oxygen atoms in total. The van der Waals surface area contributed by atoms with Crippen LogP contribution < -0.4 is 5.69 Å². The SMILES string of the molecule is O=c1[nH]c2ccc(Cl)cc2c2nc3ccccc3n12. The summed E-state index contributed by atoms with van der Waals surface area (Å²) in [6.45, 7) is 0. The molecule has 0 bridgehead atoms. The quantitative estimate of drug-likeness (QED) is 0.533. The van der Waals surface area contributed by atoms with Crippen molar-refractivity contribution in [3.8, 4) is 0 Å². The Morgan fingerprint density at radius 3 is 2.89 bits per heavy atom. The highest BCUT2D eigenvalue weighted by molar-refractivity contribution is 6.31. The molecule has 0 fully saturated rings. The number of hydrogen-bond donors (Lipinski definition) is 1. The third-order valence-electron chi connectivity index (χ3n) is 3.23. The molecule has 0 saturated heterocycles. The number of aromatic nitrogens is 3. The molecule has 0 saturated carbocycles. The van der Waals surface area contributed by atoms with E-state index in [4.69, 9.17) is 11.6 Å². The van der Waals surface area contributed by atoms with Crippen LogP contribution in [0.3, 0.4) is 0 Å². The second-order valence-corrected chi connectivity index (χ2v) is 4.82. The van der Waals surface area contributed by atoms with Crippen molar-refractivity contribution in [2.75, 3.05) is 0 Å². The molecule has 92 valence electrons. The Balaban J connectivity index is 2.39. The molecule has 0 aliphatic carbocycles. The predicted molar refractivity (Wildman–Crippen MR) is 75.8 cm³/mol. The van der Waals surface area contributed by atoms with Gasteiger partial charge in [0.1, 0.15) is 0 Å². The van der Waals surface area contributed by atoms with Crippen LogP contribution >= 0.6 is 11.6 Å². The molecule has 0 aliphatic rings. The summed E-state index contributed by atoms with van der Waals surface area (Å²) in [5.41, 5.74) is 2.75. The highest BCUT2D eigenvalue weighted by Crippen LogP contribution is 2.23. The molecule has 0 atom stereocenters. The molecule has 0 spiro atoms. The fourth-order valence-electron chi connectivity index (χ4n) is 2.39. The zero-order chi connectivity index (χ0) is 13.0. The monoisotopic (exact) mass is 269 g/mol. The Morgan fingerprint density at radius 1 is 1.16 bits per heavy atom. The van der Waals surface area contributed by atoms with Crippen molar-refractivity contribution in [1.29, 1.82) is 0 Å². The topological polar surface area (TPSA) is 50.2 Å². The van der Waals surface area contributed by atoms with E-state index in [0.29, 0.717) is 10.7 Å². The standard InChI is InChI=1S/C14H8ClN3O/c15-8-5-6-10-9(7-8)13-16-11-3-1-2-4-12(11)18(13)14(19)17-10/h1-7H,(H,17,19). The zero-order valence-electron chi connectivity index (χ0n) is 9.72. The minimum Gasteiger partial charge on any atom is -0.306 e. The van der Waals surface area contributed by atoms with E-state index in [1.165, 1.54) is 0 Å². The van der Waals surface area contributed by atoms with E-state index in [-0.39, 0.29) is 5.69 Å². The summed E-state index contributed by atoms with van der Waals surface area (Å²) < 4.78 is 1.58. The van der Waals surface area contributed by atoms with E-state index in [1.807, 2.05) is 30.3 Å². The van der Waals surface area contributed by atoms with Crippen molar-refractivity contribution < 1.29 is 0 Å². The van der Waals surface area contributed by atoms with E-state index in [1.54, 1.807) is 16.5 Å². The number of aromatic amines is 1. The van der Waals surface area contributed by atoms with Gasteiger partial charge in [0.15, 0.2) is 5.65 Å². The van der Waals surface area contributed by atoms with E-state index in [2.05, 4.69) is 9.97 Å². The molecule has 4 aromatic rings. The number of rotatable bonds is 0. The molecule has 0 radical (unpaired) electrons. The van der Waals surface area contributed by atoms with Crippen molar-refractivity contribution in [2.24, 2.45) is 0 Å². The van der Waals surface area contributed by atoms with E-state index >= 15 is 0 Å². The van der Waals surface area contributed by atoms with Gasteiger partial charge in [0.25, 0.3) is 0 Å². The highest BCUT2D eigenvalue weighted by atomic mass is 35.5. The van der Waals surface area contributed by atoms with Gasteiger partial charge in [-0.25, -0.2) is 14.2 Å². The first-order valence-corrected chi connectivity index (χ1v) is 6.20. The predicted octanol–water partition coefficient (Wildman–Crippen LogP) is 2.98. The van der Waals surface area contributed by atoms with Crippen molar-refractivity contribution in [2.45, 2.75) is 0 Å². The van der Waals surface area contributed by atoms with Gasteiger partial charge in [0.2, 0.25) is 0 Å². The smallest absolute Gasteiger partial charge is 0.306 e. The van der Waals surface area contributed by atoms with Crippen LogP contribution in [0.2, 0.25) is 5.02 Å². The lowest BCUT2D eigenvalue weighted by atomic mass is 10.2. The molecule has 2 aromatic carbocycles. The molecule has 1 N–H and O–H groups in total. The molecule has 19 heavy (non-hydrogen) atoms. The maximum absolute atomic E-state index is 12.2. The second-order valence-electron chi connectivity index (χ2n) is 4.38. The largest absolute Gasteiger partial charge is 0.332 e. The number of nitrogens with one attached hydrogen (secondary N) is 1. The van der Waals surface area contributed by atoms with Crippen LogP contribution in [-0.4, -0.2) is 14.4 Å². The summed E-state index contributed by atoms with van der Waals surface area (Å²) in [6, 6.07) is 12.9. The first-order valence-electron chi connectivity index (χ1n) is 5.83. The van der Waals surface area contributed by atoms with Crippen molar-refractivity contribution in [1.82, 2.24) is 14.4 Å². The Hall–Kier alpha value is -2.33. The van der Waals surface area contributed by atoms with Gasteiger partial charge in [-0.1, -0.05) is 23.7 Å². The van der Waals surface area contributed by atoms with Gasteiger partial charge in [0, 0.05) is 10.4 Å². The Bertz CT molecular complexity index is 1000. The van der Waals surface area contributed by atoms with Gasteiger partial charge >= 0.3 is 5.69 Å². The van der Waals surface area contributed by atoms with E-state index in [0.717, 1.165) is 21.9 Å². The minimum atomic E-state index is -0.196. The summed E-state index contributed by atoms with van der Waals surface area (Å²) >= 11 is 6.03. The first kappa shape index (κ1) is 10.6. The Labute approximate surface area is 112 Å². The zero-order valence-corrected chi connectivity index (χ0v) is 10.5. The van der Waals surface area contributed by atoms with Gasteiger partial charge in [0.05, 0.1) is 16.6 Å². The number of hydrogen-bond acceptors (Lipinski definition) is 2. The molecule has 0 aliphatic heterocycles. The number of halogens is 1. The van der Waals surface area contributed by atoms with Crippen LogP contribution in [0.4, 0.5) is 0 Å². The summed E-state index contributed by atoms with van der Waals surface area (Å²) in [5.74, 6) is 0. The number of nitrogens with zero attached hydrogens (tertiary/aromatic N) is 2. The second kappa shape index (κ2) is 3.59. The van der Waals surface area contributed by atoms with Crippen LogP contribution in [0, 0.1) is 0 Å². The van der Waals surface area contributed by atoms with E-state index in [9.17, 15) is 4.79 Å². The summed E-state index contributed by atoms with van der Waals surface area (Å²) in [6.07, 6.45) is 0. The summed E-state index contributed by atoms with van der Waals surface area (Å²) in [7, 11) is 0. The fraction of sp³-hybridized carbons (Fsp3) is 0. The Morgan fingerprint density at radius 2 is 2.00 bits per heavy atom. The summed E-state index contributed by atoms with van der Waals surface area (Å²) in [5, 5.41) is 1.46. The van der Waals surface area contributed by atoms with Gasteiger partial charge in [-0.15, -0.1) is 0 Å². The lowest BCUT2D eigenvalue weighted by molar-refractivity contribution is 1.06. The lowest BCUT2D eigenvalue weighted by Gasteiger charge is -2.01. The molecule has 2 aromatic heterocycles. The fourth-order valence-corrected chi connectivity index (χ4v) is 2.57. The average molecular weight is 270 g/mol. The third kappa shape index (κ3) is 1.40. The lowest BCUT2D eigenvalue weighted by Crippen LogP contribution is -2.15. The highest BCUT2D eigenvalue weighted by Gasteiger charge is 2.10. The maximum atomic E-state index is 12.2.